The minimum Gasteiger partial charge on any atom is -0.369 e. The summed E-state index contributed by atoms with van der Waals surface area (Å²) in [6.07, 6.45) is 1.83. The molecule has 0 atom stereocenters. The van der Waals surface area contributed by atoms with Crippen molar-refractivity contribution in [1.29, 1.82) is 0 Å². The smallest absolute Gasteiger partial charge is 0.269 e. The largest absolute Gasteiger partial charge is 0.369 e. The molecule has 176 valence electrons. The molecular weight excluding hydrogens is 454 g/mol. The Morgan fingerprint density at radius 1 is 1.00 bits per heavy atom. The van der Waals surface area contributed by atoms with Gasteiger partial charge in [-0.05, 0) is 43.8 Å². The van der Waals surface area contributed by atoms with Gasteiger partial charge in [0.25, 0.3) is 5.69 Å². The van der Waals surface area contributed by atoms with Crippen LogP contribution in [0.5, 0.6) is 0 Å². The summed E-state index contributed by atoms with van der Waals surface area (Å²) >= 11 is 0. The van der Waals surface area contributed by atoms with Gasteiger partial charge in [0.15, 0.2) is 5.65 Å². The molecule has 4 aromatic rings. The first-order valence-electron chi connectivity index (χ1n) is 10.9. The first kappa shape index (κ1) is 23.5. The third-order valence-electron chi connectivity index (χ3n) is 6.00. The Morgan fingerprint density at radius 2 is 1.68 bits per heavy atom. The van der Waals surface area contributed by atoms with Crippen LogP contribution in [0, 0.1) is 17.0 Å². The number of rotatable bonds is 5. The lowest BCUT2D eigenvalue weighted by atomic mass is 10.1. The molecule has 1 N–H and O–H groups in total. The second-order valence-corrected chi connectivity index (χ2v) is 8.34. The summed E-state index contributed by atoms with van der Waals surface area (Å²) in [7, 11) is 2.16. The highest BCUT2D eigenvalue weighted by Gasteiger charge is 2.16. The van der Waals surface area contributed by atoms with Gasteiger partial charge in [-0.1, -0.05) is 12.1 Å². The third kappa shape index (κ3) is 4.66. The first-order chi connectivity index (χ1) is 16.0. The molecule has 3 heterocycles. The summed E-state index contributed by atoms with van der Waals surface area (Å²) in [6.45, 7) is 6.15. The van der Waals surface area contributed by atoms with Crippen LogP contribution in [0.25, 0.3) is 16.8 Å². The Hall–Kier alpha value is -3.69. The second-order valence-electron chi connectivity index (χ2n) is 8.34. The van der Waals surface area contributed by atoms with Crippen LogP contribution in [0.2, 0.25) is 0 Å². The van der Waals surface area contributed by atoms with Gasteiger partial charge in [0.1, 0.15) is 5.82 Å². The van der Waals surface area contributed by atoms with Crippen LogP contribution in [0.1, 0.15) is 5.69 Å². The van der Waals surface area contributed by atoms with Crippen molar-refractivity contribution in [2.24, 2.45) is 0 Å². The molecule has 0 spiro atoms. The molecule has 2 aromatic heterocycles. The van der Waals surface area contributed by atoms with Crippen molar-refractivity contribution < 1.29 is 4.92 Å². The molecule has 0 radical (unpaired) electrons. The maximum atomic E-state index is 10.9. The van der Waals surface area contributed by atoms with Gasteiger partial charge >= 0.3 is 0 Å². The molecular formula is C24H26ClN7O2. The van der Waals surface area contributed by atoms with E-state index in [-0.39, 0.29) is 18.1 Å². The fourth-order valence-electron chi connectivity index (χ4n) is 4.11. The zero-order valence-corrected chi connectivity index (χ0v) is 19.8. The van der Waals surface area contributed by atoms with Crippen molar-refractivity contribution in [2.75, 3.05) is 43.4 Å². The number of non-ortho nitro benzene ring substituents is 1. The van der Waals surface area contributed by atoms with Crippen molar-refractivity contribution in [1.82, 2.24) is 19.5 Å². The van der Waals surface area contributed by atoms with E-state index in [0.717, 1.165) is 60.2 Å². The number of fused-ring (bicyclic) bond motifs is 1. The van der Waals surface area contributed by atoms with Gasteiger partial charge < -0.3 is 15.1 Å². The van der Waals surface area contributed by atoms with Crippen molar-refractivity contribution in [3.05, 3.63) is 76.6 Å². The standard InChI is InChI=1S/C24H25N7O2.ClH/c1-17-15-23(27-19-5-9-21(10-6-19)31(32)33)30-24(26-17)22(16-25-30)18-3-7-20(8-4-18)29-13-11-28(2)12-14-29;/h3-10,15-16,27H,11-14H2,1-2H3;1H. The van der Waals surface area contributed by atoms with Crippen LogP contribution >= 0.6 is 12.4 Å². The van der Waals surface area contributed by atoms with Crippen LogP contribution in [0.15, 0.2) is 60.8 Å². The lowest BCUT2D eigenvalue weighted by molar-refractivity contribution is -0.384. The Bertz CT molecular complexity index is 1300. The lowest BCUT2D eigenvalue weighted by Crippen LogP contribution is -2.44. The Balaban J connectivity index is 0.00000274. The van der Waals surface area contributed by atoms with Crippen molar-refractivity contribution in [3.8, 4) is 11.1 Å². The number of nitrogens with one attached hydrogen (secondary N) is 1. The third-order valence-corrected chi connectivity index (χ3v) is 6.00. The number of anilines is 3. The van der Waals surface area contributed by atoms with E-state index in [2.05, 4.69) is 51.5 Å². The Morgan fingerprint density at radius 3 is 2.32 bits per heavy atom. The summed E-state index contributed by atoms with van der Waals surface area (Å²) in [4.78, 5) is 20.0. The zero-order valence-electron chi connectivity index (χ0n) is 19.0. The van der Waals surface area contributed by atoms with E-state index in [1.165, 1.54) is 17.8 Å². The SMILES string of the molecule is Cc1cc(Nc2ccc([N+](=O)[O-])cc2)n2ncc(-c3ccc(N4CCN(C)CC4)cc3)c2n1.Cl. The summed E-state index contributed by atoms with van der Waals surface area (Å²) in [5.41, 5.74) is 5.64. The second kappa shape index (κ2) is 9.66. The topological polar surface area (TPSA) is 91.8 Å². The van der Waals surface area contributed by atoms with Crippen LogP contribution in [-0.2, 0) is 0 Å². The number of halogens is 1. The monoisotopic (exact) mass is 479 g/mol. The number of nitrogens with zero attached hydrogens (tertiary/aromatic N) is 6. The van der Waals surface area contributed by atoms with E-state index in [9.17, 15) is 10.1 Å². The molecule has 1 fully saturated rings. The maximum Gasteiger partial charge on any atom is 0.269 e. The molecule has 10 heteroatoms. The van der Waals surface area contributed by atoms with E-state index in [1.807, 2.05) is 19.2 Å². The number of likely N-dealkylation sites (N-methyl/N-ethyl adjacent to an activating group) is 1. The molecule has 1 aliphatic heterocycles. The molecule has 34 heavy (non-hydrogen) atoms. The van der Waals surface area contributed by atoms with Crippen molar-refractivity contribution in [3.63, 3.8) is 0 Å². The Kier molecular flexibility index (Phi) is 6.67. The maximum absolute atomic E-state index is 10.9. The predicted octanol–water partition coefficient (Wildman–Crippen LogP) is 4.53. The minimum atomic E-state index is -0.409. The zero-order chi connectivity index (χ0) is 22.9. The van der Waals surface area contributed by atoms with Crippen LogP contribution < -0.4 is 10.2 Å². The molecule has 0 aliphatic carbocycles. The van der Waals surface area contributed by atoms with Crippen LogP contribution in [-0.4, -0.2) is 57.6 Å². The first-order valence-corrected chi connectivity index (χ1v) is 10.9. The van der Waals surface area contributed by atoms with E-state index in [4.69, 9.17) is 4.98 Å². The van der Waals surface area contributed by atoms with E-state index < -0.39 is 4.92 Å². The lowest BCUT2D eigenvalue weighted by Gasteiger charge is -2.34. The van der Waals surface area contributed by atoms with Crippen molar-refractivity contribution >= 4 is 40.9 Å². The number of nitro benzene ring substituents is 1. The highest BCUT2D eigenvalue weighted by molar-refractivity contribution is 5.85. The van der Waals surface area contributed by atoms with Gasteiger partial charge in [-0.3, -0.25) is 10.1 Å². The van der Waals surface area contributed by atoms with E-state index >= 15 is 0 Å². The highest BCUT2D eigenvalue weighted by Crippen LogP contribution is 2.29. The average Bonchev–Trinajstić information content (AvgIpc) is 3.24. The fraction of sp³-hybridized carbons (Fsp3) is 0.250. The quantitative estimate of drug-likeness (QED) is 0.332. The van der Waals surface area contributed by atoms with Gasteiger partial charge in [0, 0.05) is 67.0 Å². The van der Waals surface area contributed by atoms with Crippen LogP contribution in [0.3, 0.4) is 0 Å². The number of nitro groups is 1. The highest BCUT2D eigenvalue weighted by atomic mass is 35.5. The molecule has 0 unspecified atom stereocenters. The van der Waals surface area contributed by atoms with Gasteiger partial charge in [-0.2, -0.15) is 9.61 Å². The van der Waals surface area contributed by atoms with E-state index in [1.54, 1.807) is 16.6 Å². The summed E-state index contributed by atoms with van der Waals surface area (Å²) in [6, 6.07) is 16.8. The molecule has 2 aromatic carbocycles. The number of hydrogen-bond donors (Lipinski definition) is 1. The summed E-state index contributed by atoms with van der Waals surface area (Å²) in [5.74, 6) is 0.742. The predicted molar refractivity (Wildman–Crippen MR) is 136 cm³/mol. The van der Waals surface area contributed by atoms with Gasteiger partial charge in [-0.15, -0.1) is 12.4 Å². The summed E-state index contributed by atoms with van der Waals surface area (Å²) in [5, 5.41) is 18.8. The van der Waals surface area contributed by atoms with Gasteiger partial charge in [-0.25, -0.2) is 4.98 Å². The van der Waals surface area contributed by atoms with Crippen molar-refractivity contribution in [2.45, 2.75) is 6.92 Å². The molecule has 1 saturated heterocycles. The normalized spacial score (nSPS) is 14.1. The molecule has 1 aliphatic rings. The summed E-state index contributed by atoms with van der Waals surface area (Å²) < 4.78 is 1.76. The number of piperazine rings is 1. The number of hydrogen-bond acceptors (Lipinski definition) is 7. The fourth-order valence-corrected chi connectivity index (χ4v) is 4.11. The number of aromatic nitrogens is 3. The molecule has 0 saturated carbocycles. The molecule has 0 bridgehead atoms. The molecule has 0 amide bonds. The molecule has 5 rings (SSSR count). The minimum absolute atomic E-state index is 0. The average molecular weight is 480 g/mol. The number of benzene rings is 2. The van der Waals surface area contributed by atoms with Gasteiger partial charge in [0.2, 0.25) is 0 Å². The van der Waals surface area contributed by atoms with Crippen LogP contribution in [0.4, 0.5) is 22.9 Å². The number of aryl methyl sites for hydroxylation is 1. The van der Waals surface area contributed by atoms with Gasteiger partial charge in [0.05, 0.1) is 11.1 Å². The molecule has 9 nitrogen and oxygen atoms in total. The van der Waals surface area contributed by atoms with E-state index in [0.29, 0.717) is 0 Å². The Labute approximate surface area is 203 Å².